The number of anilines is 1. The number of hydrogen-bond acceptors (Lipinski definition) is 7. The molecule has 2 aromatic carbocycles. The molecule has 3 aromatic rings. The first-order valence-electron chi connectivity index (χ1n) is 9.40. The van der Waals surface area contributed by atoms with Gasteiger partial charge in [0.1, 0.15) is 12.4 Å². The highest BCUT2D eigenvalue weighted by molar-refractivity contribution is 7.13. The number of aryl methyl sites for hydroxylation is 1. The van der Waals surface area contributed by atoms with Crippen LogP contribution in [0.4, 0.5) is 5.13 Å². The summed E-state index contributed by atoms with van der Waals surface area (Å²) in [6.07, 6.45) is 1.77. The van der Waals surface area contributed by atoms with Crippen LogP contribution < -0.4 is 10.2 Å². The second-order valence-corrected chi connectivity index (χ2v) is 7.75. The van der Waals surface area contributed by atoms with Gasteiger partial charge < -0.3 is 9.47 Å². The van der Waals surface area contributed by atoms with Gasteiger partial charge in [-0.25, -0.2) is 4.98 Å². The summed E-state index contributed by atoms with van der Waals surface area (Å²) in [5.41, 5.74) is 6.54. The number of carbonyl (C=O) groups is 1. The van der Waals surface area contributed by atoms with Gasteiger partial charge in [-0.05, 0) is 37.6 Å². The maximum absolute atomic E-state index is 11.5. The van der Waals surface area contributed by atoms with Crippen LogP contribution in [-0.4, -0.2) is 23.8 Å². The van der Waals surface area contributed by atoms with Crippen LogP contribution in [0.15, 0.2) is 52.9 Å². The minimum Gasteiger partial charge on any atom is -0.488 e. The van der Waals surface area contributed by atoms with Crippen LogP contribution >= 0.6 is 22.9 Å². The molecule has 0 aliphatic rings. The second kappa shape index (κ2) is 10.8. The Bertz CT molecular complexity index is 1020. The molecule has 0 saturated heterocycles. The monoisotopic (exact) mass is 443 g/mol. The lowest BCUT2D eigenvalue weighted by atomic mass is 10.1. The summed E-state index contributed by atoms with van der Waals surface area (Å²) in [7, 11) is 0. The standard InChI is InChI=1S/C22H22ClN3O3S/c1-3-28-21(27)11-19-14-30-22(25-19)26-24-12-17-10-18(23)8-9-20(17)29-13-16-6-4-15(2)5-7-16/h4-10,12,14H,3,11,13H2,1-2H3,(H,25,26). The Morgan fingerprint density at radius 3 is 2.83 bits per heavy atom. The van der Waals surface area contributed by atoms with Crippen LogP contribution in [0, 0.1) is 6.92 Å². The van der Waals surface area contributed by atoms with E-state index < -0.39 is 0 Å². The molecule has 0 fully saturated rings. The van der Waals surface area contributed by atoms with E-state index in [-0.39, 0.29) is 12.4 Å². The molecule has 0 saturated carbocycles. The fourth-order valence-corrected chi connectivity index (χ4v) is 3.39. The van der Waals surface area contributed by atoms with Crippen LogP contribution in [0.25, 0.3) is 0 Å². The van der Waals surface area contributed by atoms with Crippen molar-refractivity contribution in [1.82, 2.24) is 4.98 Å². The molecule has 0 amide bonds. The molecule has 6 nitrogen and oxygen atoms in total. The molecule has 0 radical (unpaired) electrons. The Balaban J connectivity index is 1.62. The number of hydrazone groups is 1. The van der Waals surface area contributed by atoms with E-state index in [4.69, 9.17) is 21.1 Å². The Hall–Kier alpha value is -2.90. The lowest BCUT2D eigenvalue weighted by Gasteiger charge is -2.10. The van der Waals surface area contributed by atoms with E-state index >= 15 is 0 Å². The third kappa shape index (κ3) is 6.57. The summed E-state index contributed by atoms with van der Waals surface area (Å²) in [6.45, 7) is 4.62. The molecule has 3 rings (SSSR count). The summed E-state index contributed by atoms with van der Waals surface area (Å²) in [5.74, 6) is 0.375. The van der Waals surface area contributed by atoms with Crippen LogP contribution in [0.5, 0.6) is 5.75 Å². The molecule has 0 unspecified atom stereocenters. The third-order valence-electron chi connectivity index (χ3n) is 4.03. The van der Waals surface area contributed by atoms with Crippen molar-refractivity contribution in [1.29, 1.82) is 0 Å². The largest absolute Gasteiger partial charge is 0.488 e. The summed E-state index contributed by atoms with van der Waals surface area (Å²) in [4.78, 5) is 15.9. The number of nitrogens with one attached hydrogen (secondary N) is 1. The summed E-state index contributed by atoms with van der Waals surface area (Å²) >= 11 is 7.49. The molecule has 0 atom stereocenters. The van der Waals surface area contributed by atoms with Crippen LogP contribution in [0.1, 0.15) is 29.3 Å². The number of esters is 1. The molecule has 156 valence electrons. The Kier molecular flexibility index (Phi) is 7.82. The van der Waals surface area contributed by atoms with Gasteiger partial charge in [0.2, 0.25) is 5.13 Å². The van der Waals surface area contributed by atoms with Crippen molar-refractivity contribution < 1.29 is 14.3 Å². The van der Waals surface area contributed by atoms with Gasteiger partial charge in [0.15, 0.2) is 0 Å². The zero-order chi connectivity index (χ0) is 21.3. The maximum Gasteiger partial charge on any atom is 0.311 e. The number of thiazole rings is 1. The molecular formula is C22H22ClN3O3S. The highest BCUT2D eigenvalue weighted by atomic mass is 35.5. The van der Waals surface area contributed by atoms with Crippen molar-refractivity contribution in [2.45, 2.75) is 26.9 Å². The van der Waals surface area contributed by atoms with Crippen molar-refractivity contribution in [3.8, 4) is 5.75 Å². The number of carbonyl (C=O) groups excluding carboxylic acids is 1. The first kappa shape index (κ1) is 21.8. The van der Waals surface area contributed by atoms with Crippen LogP contribution in [0.3, 0.4) is 0 Å². The van der Waals surface area contributed by atoms with Gasteiger partial charge in [-0.1, -0.05) is 41.4 Å². The number of hydrogen-bond donors (Lipinski definition) is 1. The van der Waals surface area contributed by atoms with E-state index in [1.165, 1.54) is 16.9 Å². The molecule has 0 aliphatic heterocycles. The quantitative estimate of drug-likeness (QED) is 0.278. The van der Waals surface area contributed by atoms with E-state index in [1.807, 2.05) is 25.1 Å². The number of nitrogens with zero attached hydrogens (tertiary/aromatic N) is 2. The van der Waals surface area contributed by atoms with E-state index in [2.05, 4.69) is 27.6 Å². The van der Waals surface area contributed by atoms with E-state index in [9.17, 15) is 4.79 Å². The predicted molar refractivity (Wildman–Crippen MR) is 121 cm³/mol. The summed E-state index contributed by atoms with van der Waals surface area (Å²) in [5, 5.41) is 7.19. The zero-order valence-electron chi connectivity index (χ0n) is 16.7. The van der Waals surface area contributed by atoms with Gasteiger partial charge in [0, 0.05) is 16.0 Å². The first-order valence-corrected chi connectivity index (χ1v) is 10.7. The molecule has 1 aromatic heterocycles. The van der Waals surface area contributed by atoms with Crippen molar-refractivity contribution in [3.63, 3.8) is 0 Å². The normalized spacial score (nSPS) is 10.9. The predicted octanol–water partition coefficient (Wildman–Crippen LogP) is 5.24. The zero-order valence-corrected chi connectivity index (χ0v) is 18.3. The highest BCUT2D eigenvalue weighted by Crippen LogP contribution is 2.23. The number of benzene rings is 2. The van der Waals surface area contributed by atoms with E-state index in [1.54, 1.807) is 30.7 Å². The smallest absolute Gasteiger partial charge is 0.311 e. The molecule has 0 bridgehead atoms. The number of aromatic nitrogens is 1. The van der Waals surface area contributed by atoms with Crippen molar-refractivity contribution in [2.75, 3.05) is 12.0 Å². The van der Waals surface area contributed by atoms with Gasteiger partial charge in [-0.3, -0.25) is 10.2 Å². The molecular weight excluding hydrogens is 422 g/mol. The highest BCUT2D eigenvalue weighted by Gasteiger charge is 2.08. The Morgan fingerprint density at radius 2 is 2.07 bits per heavy atom. The third-order valence-corrected chi connectivity index (χ3v) is 5.06. The van der Waals surface area contributed by atoms with Crippen molar-refractivity contribution in [3.05, 3.63) is 75.3 Å². The second-order valence-electron chi connectivity index (χ2n) is 6.45. The molecule has 30 heavy (non-hydrogen) atoms. The SMILES string of the molecule is CCOC(=O)Cc1csc(NN=Cc2cc(Cl)ccc2OCc2ccc(C)cc2)n1. The van der Waals surface area contributed by atoms with Gasteiger partial charge in [-0.15, -0.1) is 11.3 Å². The van der Waals surface area contributed by atoms with Crippen molar-refractivity contribution in [2.24, 2.45) is 5.10 Å². The van der Waals surface area contributed by atoms with Crippen molar-refractivity contribution >= 4 is 40.3 Å². The van der Waals surface area contributed by atoms with Crippen LogP contribution in [0.2, 0.25) is 5.02 Å². The van der Waals surface area contributed by atoms with E-state index in [0.717, 1.165) is 11.1 Å². The molecule has 1 N–H and O–H groups in total. The molecule has 0 aliphatic carbocycles. The van der Waals surface area contributed by atoms with Gasteiger partial charge >= 0.3 is 5.97 Å². The lowest BCUT2D eigenvalue weighted by Crippen LogP contribution is -2.07. The number of ether oxygens (including phenoxy) is 2. The minimum atomic E-state index is -0.299. The number of halogens is 1. The molecule has 0 spiro atoms. The Labute approximate surface area is 184 Å². The van der Waals surface area contributed by atoms with E-state index in [0.29, 0.717) is 34.8 Å². The lowest BCUT2D eigenvalue weighted by molar-refractivity contribution is -0.142. The van der Waals surface area contributed by atoms with Gasteiger partial charge in [0.05, 0.1) is 24.9 Å². The van der Waals surface area contributed by atoms with Crippen LogP contribution in [-0.2, 0) is 22.6 Å². The number of rotatable bonds is 9. The summed E-state index contributed by atoms with van der Waals surface area (Å²) in [6, 6.07) is 13.6. The topological polar surface area (TPSA) is 72.8 Å². The average Bonchev–Trinajstić information content (AvgIpc) is 3.16. The fraction of sp³-hybridized carbons (Fsp3) is 0.227. The Morgan fingerprint density at radius 1 is 1.27 bits per heavy atom. The first-order chi connectivity index (χ1) is 14.5. The summed E-state index contributed by atoms with van der Waals surface area (Å²) < 4.78 is 10.9. The maximum atomic E-state index is 11.5. The van der Waals surface area contributed by atoms with Gasteiger partial charge in [-0.2, -0.15) is 5.10 Å². The fourth-order valence-electron chi connectivity index (χ4n) is 2.55. The van der Waals surface area contributed by atoms with Gasteiger partial charge in [0.25, 0.3) is 0 Å². The molecule has 1 heterocycles. The average molecular weight is 444 g/mol. The minimum absolute atomic E-state index is 0.140. The molecule has 8 heteroatoms.